The van der Waals surface area contributed by atoms with Crippen molar-refractivity contribution in [1.29, 1.82) is 0 Å². The maximum absolute atomic E-state index is 2.25. The summed E-state index contributed by atoms with van der Waals surface area (Å²) >= 11 is 0. The summed E-state index contributed by atoms with van der Waals surface area (Å²) in [6, 6.07) is 110. The topological polar surface area (TPSA) is 0 Å². The van der Waals surface area contributed by atoms with Gasteiger partial charge in [0.2, 0.25) is 0 Å². The van der Waals surface area contributed by atoms with Crippen molar-refractivity contribution in [3.8, 4) is 33.4 Å². The zero-order valence-electron chi connectivity index (χ0n) is 46.9. The maximum atomic E-state index is 2.25. The summed E-state index contributed by atoms with van der Waals surface area (Å²) in [5, 5.41) is 18.5. The quantitative estimate of drug-likeness (QED) is 0.155. The minimum absolute atomic E-state index is 1.27. The lowest BCUT2D eigenvalue weighted by atomic mass is 9.98. The van der Waals surface area contributed by atoms with E-state index in [0.29, 0.717) is 0 Å². The number of hydrogen-bond acceptors (Lipinski definition) is 0. The molecule has 0 nitrogen and oxygen atoms in total. The molecule has 0 saturated heterocycles. The minimum atomic E-state index is 1.27. The largest absolute Gasteiger partial charge is 0.0622 e. The van der Waals surface area contributed by atoms with Crippen LogP contribution in [-0.2, 0) is 0 Å². The van der Waals surface area contributed by atoms with Gasteiger partial charge in [-0.3, -0.25) is 0 Å². The molecule has 15 aromatic carbocycles. The Morgan fingerprint density at radius 3 is 1.19 bits per heavy atom. The summed E-state index contributed by atoms with van der Waals surface area (Å²) < 4.78 is 0. The maximum Gasteiger partial charge on any atom is -0.0103 e. The molecular formula is C81H66. The van der Waals surface area contributed by atoms with Crippen LogP contribution in [0.5, 0.6) is 0 Å². The van der Waals surface area contributed by atoms with Gasteiger partial charge in [-0.25, -0.2) is 0 Å². The van der Waals surface area contributed by atoms with Crippen molar-refractivity contribution >= 4 is 75.4 Å². The molecule has 390 valence electrons. The van der Waals surface area contributed by atoms with Gasteiger partial charge >= 0.3 is 0 Å². The van der Waals surface area contributed by atoms with Crippen LogP contribution in [0.3, 0.4) is 0 Å². The first-order valence-corrected chi connectivity index (χ1v) is 28.1. The van der Waals surface area contributed by atoms with Crippen LogP contribution in [0, 0.1) is 34.6 Å². The highest BCUT2D eigenvalue weighted by Gasteiger charge is 2.05. The zero-order chi connectivity index (χ0) is 55.5. The van der Waals surface area contributed by atoms with Gasteiger partial charge in [0.1, 0.15) is 0 Å². The molecule has 0 radical (unpaired) electrons. The van der Waals surface area contributed by atoms with E-state index in [9.17, 15) is 0 Å². The lowest BCUT2D eigenvalue weighted by Gasteiger charge is -2.07. The summed E-state index contributed by atoms with van der Waals surface area (Å²) in [5.74, 6) is 0. The molecule has 0 saturated carbocycles. The Bertz CT molecular complexity index is 4590. The van der Waals surface area contributed by atoms with Gasteiger partial charge in [0, 0.05) is 0 Å². The molecule has 0 heterocycles. The molecule has 0 aliphatic carbocycles. The molecule has 15 aromatic rings. The third-order valence-electron chi connectivity index (χ3n) is 15.3. The molecule has 15 rings (SSSR count). The number of fused-ring (bicyclic) bond motifs is 9. The van der Waals surface area contributed by atoms with Crippen LogP contribution in [0.2, 0.25) is 0 Å². The van der Waals surface area contributed by atoms with Crippen molar-refractivity contribution in [2.45, 2.75) is 34.6 Å². The smallest absolute Gasteiger partial charge is 0.0103 e. The molecule has 0 fully saturated rings. The van der Waals surface area contributed by atoms with Crippen LogP contribution >= 0.6 is 0 Å². The molecular weight excluding hydrogens is 973 g/mol. The van der Waals surface area contributed by atoms with E-state index in [2.05, 4.69) is 338 Å². The fraction of sp³-hybridized carbons (Fsp3) is 0.0617. The number of rotatable bonds is 3. The van der Waals surface area contributed by atoms with Crippen LogP contribution in [-0.4, -0.2) is 0 Å². The van der Waals surface area contributed by atoms with Crippen LogP contribution in [0.25, 0.3) is 109 Å². The molecule has 0 unspecified atom stereocenters. The Morgan fingerprint density at radius 2 is 0.519 bits per heavy atom. The molecule has 81 heavy (non-hydrogen) atoms. The van der Waals surface area contributed by atoms with E-state index in [1.54, 1.807) is 0 Å². The van der Waals surface area contributed by atoms with E-state index >= 15 is 0 Å². The fourth-order valence-corrected chi connectivity index (χ4v) is 10.8. The van der Waals surface area contributed by atoms with Gasteiger partial charge in [0.15, 0.2) is 0 Å². The molecule has 0 heteroatoms. The van der Waals surface area contributed by atoms with Crippen LogP contribution < -0.4 is 0 Å². The first-order chi connectivity index (χ1) is 39.7. The standard InChI is InChI=1S/3C17H14.2C15H12/c1-13-9-11-15(12-10-13)17-8-4-6-14-5-2-3-7-16(14)17;1-13-6-8-15(9-7-13)17-11-10-14-4-2-3-5-16(14)12-17;1-13-7-8-17-12-16(10-9-15(17)11-13)14-5-3-2-4-6-14;1-11-5-4-8-15-13(11)10-9-12-6-2-3-7-14(12)15;1-11-6-9-15-13(10-11)8-7-12-4-2-3-5-14(12)15/h3*2-12H,1H3;2*2-10H,1H3. The minimum Gasteiger partial charge on any atom is -0.0622 e. The fourth-order valence-electron chi connectivity index (χ4n) is 10.8. The van der Waals surface area contributed by atoms with Gasteiger partial charge in [-0.1, -0.05) is 320 Å². The third kappa shape index (κ3) is 12.7. The molecule has 0 amide bonds. The highest BCUT2D eigenvalue weighted by Crippen LogP contribution is 2.31. The van der Waals surface area contributed by atoms with Gasteiger partial charge in [0.25, 0.3) is 0 Å². The Labute approximate surface area is 477 Å². The second-order valence-electron chi connectivity index (χ2n) is 21.2. The van der Waals surface area contributed by atoms with Crippen molar-refractivity contribution in [2.24, 2.45) is 0 Å². The predicted molar refractivity (Wildman–Crippen MR) is 355 cm³/mol. The monoisotopic (exact) mass is 1040 g/mol. The Morgan fingerprint density at radius 1 is 0.160 bits per heavy atom. The second kappa shape index (κ2) is 24.8. The summed E-state index contributed by atoms with van der Waals surface area (Å²) in [5.41, 5.74) is 14.3. The van der Waals surface area contributed by atoms with Gasteiger partial charge in [-0.15, -0.1) is 0 Å². The molecule has 0 spiro atoms. The van der Waals surface area contributed by atoms with E-state index in [0.717, 1.165) is 0 Å². The normalized spacial score (nSPS) is 10.8. The summed E-state index contributed by atoms with van der Waals surface area (Å²) in [6.07, 6.45) is 0. The third-order valence-corrected chi connectivity index (χ3v) is 15.3. The van der Waals surface area contributed by atoms with Gasteiger partial charge in [-0.05, 0) is 161 Å². The van der Waals surface area contributed by atoms with Crippen molar-refractivity contribution in [3.05, 3.63) is 337 Å². The number of benzene rings is 15. The molecule has 0 aromatic heterocycles. The van der Waals surface area contributed by atoms with Crippen molar-refractivity contribution < 1.29 is 0 Å². The van der Waals surface area contributed by atoms with Crippen LogP contribution in [0.1, 0.15) is 27.8 Å². The number of aryl methyl sites for hydroxylation is 5. The van der Waals surface area contributed by atoms with E-state index in [1.165, 1.54) is 137 Å². The average Bonchev–Trinajstić information content (AvgIpc) is 3.57. The molecule has 0 aliphatic heterocycles. The first kappa shape index (κ1) is 53.1. The van der Waals surface area contributed by atoms with Crippen LogP contribution in [0.4, 0.5) is 0 Å². The number of hydrogen-bond donors (Lipinski definition) is 0. The zero-order valence-corrected chi connectivity index (χ0v) is 46.9. The second-order valence-corrected chi connectivity index (χ2v) is 21.2. The van der Waals surface area contributed by atoms with E-state index in [-0.39, 0.29) is 0 Å². The Hall–Kier alpha value is -9.88. The van der Waals surface area contributed by atoms with E-state index < -0.39 is 0 Å². The molecule has 0 bridgehead atoms. The van der Waals surface area contributed by atoms with Crippen molar-refractivity contribution in [1.82, 2.24) is 0 Å². The summed E-state index contributed by atoms with van der Waals surface area (Å²) in [6.45, 7) is 10.7. The van der Waals surface area contributed by atoms with Gasteiger partial charge < -0.3 is 0 Å². The molecule has 0 N–H and O–H groups in total. The summed E-state index contributed by atoms with van der Waals surface area (Å²) in [4.78, 5) is 0. The lowest BCUT2D eigenvalue weighted by molar-refractivity contribution is 1.47. The first-order valence-electron chi connectivity index (χ1n) is 28.1. The van der Waals surface area contributed by atoms with E-state index in [4.69, 9.17) is 0 Å². The molecule has 0 aliphatic rings. The van der Waals surface area contributed by atoms with E-state index in [1.807, 2.05) is 6.07 Å². The highest BCUT2D eigenvalue weighted by atomic mass is 14.1. The highest BCUT2D eigenvalue weighted by molar-refractivity contribution is 6.09. The average molecular weight is 1040 g/mol. The van der Waals surface area contributed by atoms with Crippen molar-refractivity contribution in [3.63, 3.8) is 0 Å². The van der Waals surface area contributed by atoms with Crippen LogP contribution in [0.15, 0.2) is 309 Å². The Balaban J connectivity index is 0.000000107. The predicted octanol–water partition coefficient (Wildman–Crippen LogP) is 23.0. The van der Waals surface area contributed by atoms with Crippen molar-refractivity contribution in [2.75, 3.05) is 0 Å². The van der Waals surface area contributed by atoms with Gasteiger partial charge in [0.05, 0.1) is 0 Å². The Kier molecular flexibility index (Phi) is 16.3. The summed E-state index contributed by atoms with van der Waals surface area (Å²) in [7, 11) is 0. The molecule has 0 atom stereocenters. The van der Waals surface area contributed by atoms with Gasteiger partial charge in [-0.2, -0.15) is 0 Å². The SMILES string of the molecule is Cc1ccc(-c2ccc3ccccc3c2)cc1.Cc1ccc(-c2cccc3ccccc23)cc1.Cc1ccc2c(ccc3ccccc32)c1.Cc1ccc2cc(-c3ccccc3)ccc2c1.Cc1cccc2c1ccc1ccccc12. The lowest BCUT2D eigenvalue weighted by Crippen LogP contribution is -1.81.